The monoisotopic (exact) mass is 208 g/mol. The summed E-state index contributed by atoms with van der Waals surface area (Å²) < 4.78 is 0. The maximum Gasteiger partial charge on any atom is 0.242 e. The number of nitrogens with one attached hydrogen (secondary N) is 1. The van der Waals surface area contributed by atoms with E-state index >= 15 is 0 Å². The molecule has 1 N–H and O–H groups in total. The Balaban J connectivity index is 2.54. The summed E-state index contributed by atoms with van der Waals surface area (Å²) in [5.74, 6) is 1.33. The number of aryl methyl sites for hydroxylation is 2. The highest BCUT2D eigenvalue weighted by molar-refractivity contribution is 5.24. The van der Waals surface area contributed by atoms with Crippen LogP contribution in [-0.2, 0) is 0 Å². The van der Waals surface area contributed by atoms with Crippen molar-refractivity contribution in [3.8, 4) is 0 Å². The molecular formula is C11H20N4. The maximum atomic E-state index is 4.33. The highest BCUT2D eigenvalue weighted by atomic mass is 15.2. The van der Waals surface area contributed by atoms with Crippen molar-refractivity contribution in [3.05, 3.63) is 11.4 Å². The lowest BCUT2D eigenvalue weighted by atomic mass is 10.0. The van der Waals surface area contributed by atoms with Gasteiger partial charge in [-0.15, -0.1) is 5.10 Å². The van der Waals surface area contributed by atoms with E-state index in [-0.39, 0.29) is 0 Å². The molecule has 0 aliphatic carbocycles. The summed E-state index contributed by atoms with van der Waals surface area (Å²) >= 11 is 0. The molecule has 0 unspecified atom stereocenters. The zero-order valence-electron chi connectivity index (χ0n) is 10.0. The summed E-state index contributed by atoms with van der Waals surface area (Å²) in [6, 6.07) is 0. The summed E-state index contributed by atoms with van der Waals surface area (Å²) in [6.07, 6.45) is 2.36. The van der Waals surface area contributed by atoms with E-state index in [0.29, 0.717) is 11.9 Å². The predicted molar refractivity (Wildman–Crippen MR) is 61.9 cm³/mol. The molecule has 0 atom stereocenters. The third-order valence-electron chi connectivity index (χ3n) is 2.80. The van der Waals surface area contributed by atoms with Crippen LogP contribution < -0.4 is 5.32 Å². The molecule has 0 saturated heterocycles. The second kappa shape index (κ2) is 5.63. The van der Waals surface area contributed by atoms with Crippen molar-refractivity contribution in [2.24, 2.45) is 5.92 Å². The highest BCUT2D eigenvalue weighted by Gasteiger charge is 2.05. The first kappa shape index (κ1) is 11.9. The fraction of sp³-hybridized carbons (Fsp3) is 0.727. The molecule has 0 amide bonds. The van der Waals surface area contributed by atoms with E-state index in [4.69, 9.17) is 0 Å². The van der Waals surface area contributed by atoms with Crippen molar-refractivity contribution in [1.29, 1.82) is 0 Å². The molecule has 0 fully saturated rings. The number of hydrogen-bond donors (Lipinski definition) is 1. The lowest BCUT2D eigenvalue weighted by Crippen LogP contribution is -2.15. The van der Waals surface area contributed by atoms with Crippen LogP contribution in [-0.4, -0.2) is 21.7 Å². The lowest BCUT2D eigenvalue weighted by molar-refractivity contribution is 0.517. The summed E-state index contributed by atoms with van der Waals surface area (Å²) in [5.41, 5.74) is 1.83. The maximum absolute atomic E-state index is 4.33. The molecule has 0 radical (unpaired) electrons. The molecule has 0 spiro atoms. The van der Waals surface area contributed by atoms with Gasteiger partial charge >= 0.3 is 0 Å². The van der Waals surface area contributed by atoms with Gasteiger partial charge in [-0.05, 0) is 19.8 Å². The van der Waals surface area contributed by atoms with Gasteiger partial charge in [0, 0.05) is 6.54 Å². The second-order valence-corrected chi connectivity index (χ2v) is 3.87. The van der Waals surface area contributed by atoms with Gasteiger partial charge in [-0.3, -0.25) is 0 Å². The van der Waals surface area contributed by atoms with Gasteiger partial charge in [-0.2, -0.15) is 5.10 Å². The number of hydrogen-bond acceptors (Lipinski definition) is 4. The van der Waals surface area contributed by atoms with Crippen LogP contribution in [0.2, 0.25) is 0 Å². The minimum atomic E-state index is 0.644. The smallest absolute Gasteiger partial charge is 0.242 e. The molecule has 1 rings (SSSR count). The van der Waals surface area contributed by atoms with Crippen molar-refractivity contribution < 1.29 is 0 Å². The van der Waals surface area contributed by atoms with E-state index in [0.717, 1.165) is 17.9 Å². The minimum Gasteiger partial charge on any atom is -0.353 e. The van der Waals surface area contributed by atoms with Gasteiger partial charge in [0.05, 0.1) is 11.4 Å². The van der Waals surface area contributed by atoms with Crippen molar-refractivity contribution in [3.63, 3.8) is 0 Å². The van der Waals surface area contributed by atoms with Crippen LogP contribution in [0.3, 0.4) is 0 Å². The molecule has 0 aliphatic rings. The Kier molecular flexibility index (Phi) is 4.46. The fourth-order valence-electron chi connectivity index (χ4n) is 1.34. The lowest BCUT2D eigenvalue weighted by Gasteiger charge is -2.12. The van der Waals surface area contributed by atoms with E-state index in [2.05, 4.69) is 34.3 Å². The van der Waals surface area contributed by atoms with Crippen molar-refractivity contribution in [2.45, 2.75) is 40.5 Å². The second-order valence-electron chi connectivity index (χ2n) is 3.87. The van der Waals surface area contributed by atoms with Gasteiger partial charge < -0.3 is 5.32 Å². The SMILES string of the molecule is CCC(CC)CNc1nnc(C)c(C)n1. The molecule has 15 heavy (non-hydrogen) atoms. The summed E-state index contributed by atoms with van der Waals surface area (Å²) in [7, 11) is 0. The van der Waals surface area contributed by atoms with Gasteiger partial charge in [0.1, 0.15) is 0 Å². The average molecular weight is 208 g/mol. The van der Waals surface area contributed by atoms with Crippen molar-refractivity contribution in [2.75, 3.05) is 11.9 Å². The molecule has 4 heteroatoms. The quantitative estimate of drug-likeness (QED) is 0.807. The van der Waals surface area contributed by atoms with E-state index < -0.39 is 0 Å². The van der Waals surface area contributed by atoms with Crippen molar-refractivity contribution >= 4 is 5.95 Å². The first-order chi connectivity index (χ1) is 7.17. The predicted octanol–water partition coefficient (Wildman–Crippen LogP) is 2.34. The molecular weight excluding hydrogens is 188 g/mol. The Hall–Kier alpha value is -1.19. The van der Waals surface area contributed by atoms with Gasteiger partial charge in [0.2, 0.25) is 5.95 Å². The van der Waals surface area contributed by atoms with Gasteiger partial charge in [0.15, 0.2) is 0 Å². The zero-order valence-corrected chi connectivity index (χ0v) is 10.0. The Morgan fingerprint density at radius 3 is 2.27 bits per heavy atom. The summed E-state index contributed by atoms with van der Waals surface area (Å²) in [4.78, 5) is 4.33. The molecule has 0 aromatic carbocycles. The summed E-state index contributed by atoms with van der Waals surface area (Å²) in [6.45, 7) is 9.20. The van der Waals surface area contributed by atoms with Gasteiger partial charge in [-0.1, -0.05) is 26.7 Å². The molecule has 1 aromatic rings. The third-order valence-corrected chi connectivity index (χ3v) is 2.80. The Morgan fingerprint density at radius 2 is 1.73 bits per heavy atom. The highest BCUT2D eigenvalue weighted by Crippen LogP contribution is 2.08. The minimum absolute atomic E-state index is 0.644. The first-order valence-electron chi connectivity index (χ1n) is 5.59. The fourth-order valence-corrected chi connectivity index (χ4v) is 1.34. The average Bonchev–Trinajstić information content (AvgIpc) is 2.24. The first-order valence-corrected chi connectivity index (χ1v) is 5.59. The normalized spacial score (nSPS) is 10.7. The number of rotatable bonds is 5. The van der Waals surface area contributed by atoms with Crippen LogP contribution >= 0.6 is 0 Å². The molecule has 0 bridgehead atoms. The van der Waals surface area contributed by atoms with Gasteiger partial charge in [-0.25, -0.2) is 4.98 Å². The molecule has 0 saturated carbocycles. The molecule has 84 valence electrons. The van der Waals surface area contributed by atoms with Crippen LogP contribution in [0.25, 0.3) is 0 Å². The number of nitrogens with zero attached hydrogens (tertiary/aromatic N) is 3. The van der Waals surface area contributed by atoms with E-state index in [9.17, 15) is 0 Å². The van der Waals surface area contributed by atoms with Crippen LogP contribution in [0.1, 0.15) is 38.1 Å². The van der Waals surface area contributed by atoms with Crippen molar-refractivity contribution in [1.82, 2.24) is 15.2 Å². The molecule has 4 nitrogen and oxygen atoms in total. The number of anilines is 1. The van der Waals surface area contributed by atoms with Gasteiger partial charge in [0.25, 0.3) is 0 Å². The molecule has 0 aliphatic heterocycles. The van der Waals surface area contributed by atoms with E-state index in [1.165, 1.54) is 12.8 Å². The molecule has 1 heterocycles. The standard InChI is InChI=1S/C11H20N4/c1-5-10(6-2)7-12-11-13-8(3)9(4)14-15-11/h10H,5-7H2,1-4H3,(H,12,13,15). The van der Waals surface area contributed by atoms with Crippen LogP contribution in [0, 0.1) is 19.8 Å². The molecule has 1 aromatic heterocycles. The van der Waals surface area contributed by atoms with Crippen LogP contribution in [0.4, 0.5) is 5.95 Å². The Morgan fingerprint density at radius 1 is 1.07 bits per heavy atom. The third kappa shape index (κ3) is 3.46. The topological polar surface area (TPSA) is 50.7 Å². The summed E-state index contributed by atoms with van der Waals surface area (Å²) in [5, 5.41) is 11.3. The van der Waals surface area contributed by atoms with E-state index in [1.54, 1.807) is 0 Å². The largest absolute Gasteiger partial charge is 0.353 e. The van der Waals surface area contributed by atoms with Crippen LogP contribution in [0.15, 0.2) is 0 Å². The van der Waals surface area contributed by atoms with E-state index in [1.807, 2.05) is 13.8 Å². The zero-order chi connectivity index (χ0) is 11.3. The Labute approximate surface area is 91.5 Å². The number of aromatic nitrogens is 3. The van der Waals surface area contributed by atoms with Crippen LogP contribution in [0.5, 0.6) is 0 Å². The Bertz CT molecular complexity index is 307.